The van der Waals surface area contributed by atoms with E-state index in [0.717, 1.165) is 6.42 Å². The van der Waals surface area contributed by atoms with Gasteiger partial charge in [0.05, 0.1) is 0 Å². The third kappa shape index (κ3) is 7.00. The Labute approximate surface area is 134 Å². The second-order valence-corrected chi connectivity index (χ2v) is 2.67. The molecule has 1 nitrogen and oxygen atoms in total. The van der Waals surface area contributed by atoms with E-state index in [1.807, 2.05) is 25.1 Å². The first-order valence-electron chi connectivity index (χ1n) is 3.58. The van der Waals surface area contributed by atoms with E-state index in [1.54, 1.807) is 0 Å². The second-order valence-electron chi connectivity index (χ2n) is 2.67. The summed E-state index contributed by atoms with van der Waals surface area (Å²) in [5.74, 6) is 0. The fourth-order valence-corrected chi connectivity index (χ4v) is 0.986. The average molecular weight is 301 g/mol. The van der Waals surface area contributed by atoms with E-state index in [9.17, 15) is 0 Å². The molecule has 2 N–H and O–H groups in total. The molecule has 0 saturated heterocycles. The van der Waals surface area contributed by atoms with Crippen LogP contribution in [0.3, 0.4) is 0 Å². The molecule has 1 aromatic carbocycles. The minimum absolute atomic E-state index is 0. The summed E-state index contributed by atoms with van der Waals surface area (Å²) in [6, 6.07) is 10.6. The molecule has 1 rings (SSSR count). The van der Waals surface area contributed by atoms with Crippen molar-refractivity contribution in [3.8, 4) is 0 Å². The van der Waals surface area contributed by atoms with Gasteiger partial charge in [-0.25, -0.2) is 0 Å². The zero-order chi connectivity index (χ0) is 7.40. The van der Waals surface area contributed by atoms with Gasteiger partial charge in [-0.3, -0.25) is 0 Å². The maximum absolute atomic E-state index is 5.62. The predicted octanol–water partition coefficient (Wildman–Crippen LogP) is -4.42. The Morgan fingerprint density at radius 2 is 1.75 bits per heavy atom. The SMILES string of the molecule is CC(N)Cc1ccccc1.[I-].[K+]. The van der Waals surface area contributed by atoms with Crippen LogP contribution in [0.2, 0.25) is 0 Å². The summed E-state index contributed by atoms with van der Waals surface area (Å²) >= 11 is 0. The Kier molecular flexibility index (Phi) is 12.1. The molecule has 0 bridgehead atoms. The number of benzene rings is 1. The molecule has 1 aromatic rings. The zero-order valence-corrected chi connectivity index (χ0v) is 12.9. The number of hydrogen-bond donors (Lipinski definition) is 1. The normalized spacial score (nSPS) is 10.8. The number of halogens is 1. The van der Waals surface area contributed by atoms with Gasteiger partial charge < -0.3 is 29.7 Å². The van der Waals surface area contributed by atoms with E-state index in [4.69, 9.17) is 5.73 Å². The van der Waals surface area contributed by atoms with Gasteiger partial charge in [0.25, 0.3) is 0 Å². The van der Waals surface area contributed by atoms with E-state index in [2.05, 4.69) is 12.1 Å². The van der Waals surface area contributed by atoms with Gasteiger partial charge in [-0.2, -0.15) is 0 Å². The molecule has 0 spiro atoms. The molecule has 0 amide bonds. The number of rotatable bonds is 2. The zero-order valence-electron chi connectivity index (χ0n) is 7.63. The molecule has 0 aliphatic rings. The second kappa shape index (κ2) is 9.12. The predicted molar refractivity (Wildman–Crippen MR) is 43.8 cm³/mol. The van der Waals surface area contributed by atoms with Crippen LogP contribution in [-0.4, -0.2) is 6.04 Å². The summed E-state index contributed by atoms with van der Waals surface area (Å²) in [6.07, 6.45) is 0.973. The first-order chi connectivity index (χ1) is 4.79. The van der Waals surface area contributed by atoms with Gasteiger partial charge in [0.1, 0.15) is 0 Å². The summed E-state index contributed by atoms with van der Waals surface area (Å²) in [4.78, 5) is 0. The smallest absolute Gasteiger partial charge is 1.00 e. The number of nitrogens with two attached hydrogens (primary N) is 1. The Balaban J connectivity index is 0. The largest absolute Gasteiger partial charge is 1.00 e. The monoisotopic (exact) mass is 301 g/mol. The molecule has 0 aliphatic carbocycles. The third-order valence-corrected chi connectivity index (χ3v) is 1.40. The van der Waals surface area contributed by atoms with E-state index >= 15 is 0 Å². The van der Waals surface area contributed by atoms with Gasteiger partial charge >= 0.3 is 51.4 Å². The van der Waals surface area contributed by atoms with Crippen molar-refractivity contribution in [1.29, 1.82) is 0 Å². The average Bonchev–Trinajstić information content (AvgIpc) is 1.88. The molecule has 12 heavy (non-hydrogen) atoms. The van der Waals surface area contributed by atoms with Crippen LogP contribution in [0.25, 0.3) is 0 Å². The Bertz CT molecular complexity index is 189. The van der Waals surface area contributed by atoms with Crippen molar-refractivity contribution in [2.45, 2.75) is 19.4 Å². The Morgan fingerprint density at radius 3 is 2.17 bits per heavy atom. The van der Waals surface area contributed by atoms with Crippen molar-refractivity contribution in [2.75, 3.05) is 0 Å². The van der Waals surface area contributed by atoms with Crippen LogP contribution in [0, 0.1) is 0 Å². The summed E-state index contributed by atoms with van der Waals surface area (Å²) in [7, 11) is 0. The summed E-state index contributed by atoms with van der Waals surface area (Å²) in [5, 5.41) is 0. The van der Waals surface area contributed by atoms with Crippen molar-refractivity contribution in [2.24, 2.45) is 5.73 Å². The molecule has 0 aromatic heterocycles. The fourth-order valence-electron chi connectivity index (χ4n) is 0.986. The molecule has 1 unspecified atom stereocenters. The van der Waals surface area contributed by atoms with E-state index in [1.165, 1.54) is 5.56 Å². The molecule has 1 atom stereocenters. The third-order valence-electron chi connectivity index (χ3n) is 1.40. The maximum Gasteiger partial charge on any atom is 1.00 e. The molecule has 0 aliphatic heterocycles. The van der Waals surface area contributed by atoms with Gasteiger partial charge in [-0.1, -0.05) is 30.3 Å². The van der Waals surface area contributed by atoms with Crippen molar-refractivity contribution in [3.63, 3.8) is 0 Å². The molecule has 0 saturated carbocycles. The maximum atomic E-state index is 5.62. The van der Waals surface area contributed by atoms with Crippen molar-refractivity contribution in [3.05, 3.63) is 35.9 Å². The molecule has 0 heterocycles. The van der Waals surface area contributed by atoms with Gasteiger partial charge in [0, 0.05) is 6.04 Å². The topological polar surface area (TPSA) is 26.0 Å². The van der Waals surface area contributed by atoms with E-state index in [-0.39, 0.29) is 81.4 Å². The van der Waals surface area contributed by atoms with E-state index < -0.39 is 0 Å². The molecule has 62 valence electrons. The van der Waals surface area contributed by atoms with Gasteiger partial charge in [0.15, 0.2) is 0 Å². The van der Waals surface area contributed by atoms with Crippen LogP contribution in [0.4, 0.5) is 0 Å². The van der Waals surface area contributed by atoms with Crippen molar-refractivity contribution in [1.82, 2.24) is 0 Å². The minimum atomic E-state index is 0. The van der Waals surface area contributed by atoms with Crippen LogP contribution < -0.4 is 81.1 Å². The summed E-state index contributed by atoms with van der Waals surface area (Å²) < 4.78 is 0. The van der Waals surface area contributed by atoms with Crippen LogP contribution in [0.1, 0.15) is 12.5 Å². The van der Waals surface area contributed by atoms with Gasteiger partial charge in [-0.05, 0) is 18.9 Å². The molecular formula is C9H13IKN. The van der Waals surface area contributed by atoms with E-state index in [0.29, 0.717) is 0 Å². The van der Waals surface area contributed by atoms with Crippen LogP contribution in [0.5, 0.6) is 0 Å². The Hall–Kier alpha value is 1.55. The van der Waals surface area contributed by atoms with Gasteiger partial charge in [0.2, 0.25) is 0 Å². The summed E-state index contributed by atoms with van der Waals surface area (Å²) in [6.45, 7) is 2.02. The Morgan fingerprint density at radius 1 is 1.25 bits per heavy atom. The van der Waals surface area contributed by atoms with Crippen LogP contribution >= 0.6 is 0 Å². The molecular weight excluding hydrogens is 288 g/mol. The van der Waals surface area contributed by atoms with Crippen molar-refractivity contribution < 1.29 is 75.4 Å². The first-order valence-corrected chi connectivity index (χ1v) is 3.58. The van der Waals surface area contributed by atoms with Crippen LogP contribution in [0.15, 0.2) is 30.3 Å². The first kappa shape index (κ1) is 16.0. The molecule has 0 radical (unpaired) electrons. The summed E-state index contributed by atoms with van der Waals surface area (Å²) in [5.41, 5.74) is 6.94. The quantitative estimate of drug-likeness (QED) is 0.433. The number of hydrogen-bond acceptors (Lipinski definition) is 1. The fraction of sp³-hybridized carbons (Fsp3) is 0.333. The minimum Gasteiger partial charge on any atom is -1.00 e. The van der Waals surface area contributed by atoms with Gasteiger partial charge in [-0.15, -0.1) is 0 Å². The molecule has 0 fully saturated rings. The van der Waals surface area contributed by atoms with Crippen molar-refractivity contribution >= 4 is 0 Å². The molecule has 3 heteroatoms. The standard InChI is InChI=1S/C9H13N.HI.K/c1-8(10)7-9-5-3-2-4-6-9;;/h2-6,8H,7,10H2,1H3;1H;/q;;+1/p-1. The van der Waals surface area contributed by atoms with Crippen LogP contribution in [-0.2, 0) is 6.42 Å².